The lowest BCUT2D eigenvalue weighted by molar-refractivity contribution is 0.447. The van der Waals surface area contributed by atoms with Gasteiger partial charge in [-0.1, -0.05) is 19.1 Å². The highest BCUT2D eigenvalue weighted by molar-refractivity contribution is 6.03. The van der Waals surface area contributed by atoms with Crippen LogP contribution in [0.15, 0.2) is 38.8 Å². The SMILES string of the molecule is CCC(=Nc1ccccc1F)c1c(O)[nH]c(=O)[nH]c1=O. The number of nitrogens with zero attached hydrogens (tertiary/aromatic N) is 1. The summed E-state index contributed by atoms with van der Waals surface area (Å²) in [5.41, 5.74) is -1.55. The van der Waals surface area contributed by atoms with Crippen molar-refractivity contribution < 1.29 is 9.50 Å². The highest BCUT2D eigenvalue weighted by atomic mass is 19.1. The molecule has 1 aromatic carbocycles. The van der Waals surface area contributed by atoms with Crippen molar-refractivity contribution in [3.05, 3.63) is 56.5 Å². The molecule has 0 bridgehead atoms. The molecule has 7 heteroatoms. The predicted molar refractivity (Wildman–Crippen MR) is 72.2 cm³/mol. The maximum absolute atomic E-state index is 13.6. The zero-order valence-electron chi connectivity index (χ0n) is 10.6. The summed E-state index contributed by atoms with van der Waals surface area (Å²) in [4.78, 5) is 30.8. The second-order valence-electron chi connectivity index (χ2n) is 4.00. The summed E-state index contributed by atoms with van der Waals surface area (Å²) in [5, 5.41) is 9.67. The van der Waals surface area contributed by atoms with E-state index < -0.39 is 22.9 Å². The number of aliphatic imine (C=N–C) groups is 1. The molecular weight excluding hydrogens is 265 g/mol. The molecule has 20 heavy (non-hydrogen) atoms. The van der Waals surface area contributed by atoms with Crippen LogP contribution in [0.1, 0.15) is 18.9 Å². The number of halogens is 1. The molecule has 1 aromatic heterocycles. The summed E-state index contributed by atoms with van der Waals surface area (Å²) >= 11 is 0. The number of hydrogen-bond acceptors (Lipinski definition) is 4. The van der Waals surface area contributed by atoms with Crippen molar-refractivity contribution >= 4 is 11.4 Å². The van der Waals surface area contributed by atoms with E-state index >= 15 is 0 Å². The molecule has 0 atom stereocenters. The van der Waals surface area contributed by atoms with Crippen molar-refractivity contribution in [1.29, 1.82) is 0 Å². The Morgan fingerprint density at radius 3 is 2.60 bits per heavy atom. The standard InChI is InChI=1S/C13H12FN3O3/c1-2-8(15-9-6-4-3-5-7(9)14)10-11(18)16-13(20)17-12(10)19/h3-6H,2H2,1H3,(H3,16,17,18,19,20). The topological polar surface area (TPSA) is 98.3 Å². The van der Waals surface area contributed by atoms with E-state index in [1.165, 1.54) is 18.2 Å². The van der Waals surface area contributed by atoms with E-state index in [2.05, 4.69) is 9.98 Å². The van der Waals surface area contributed by atoms with Gasteiger partial charge >= 0.3 is 5.69 Å². The molecule has 0 radical (unpaired) electrons. The molecule has 0 aliphatic heterocycles. The Bertz CT molecular complexity index is 777. The average Bonchev–Trinajstić information content (AvgIpc) is 2.38. The highest BCUT2D eigenvalue weighted by Crippen LogP contribution is 2.20. The van der Waals surface area contributed by atoms with Crippen LogP contribution in [0, 0.1) is 5.82 Å². The summed E-state index contributed by atoms with van der Waals surface area (Å²) in [6, 6.07) is 5.81. The second kappa shape index (κ2) is 5.52. The van der Waals surface area contributed by atoms with Gasteiger partial charge in [0.2, 0.25) is 5.88 Å². The molecule has 0 aliphatic carbocycles. The van der Waals surface area contributed by atoms with Gasteiger partial charge in [0.25, 0.3) is 5.56 Å². The molecule has 0 amide bonds. The van der Waals surface area contributed by atoms with E-state index in [1.54, 1.807) is 13.0 Å². The summed E-state index contributed by atoms with van der Waals surface area (Å²) < 4.78 is 13.6. The monoisotopic (exact) mass is 277 g/mol. The first-order valence-corrected chi connectivity index (χ1v) is 5.91. The van der Waals surface area contributed by atoms with Gasteiger partial charge in [-0.15, -0.1) is 0 Å². The van der Waals surface area contributed by atoms with E-state index in [0.717, 1.165) is 0 Å². The van der Waals surface area contributed by atoms with Crippen LogP contribution in [0.25, 0.3) is 0 Å². The number of nitrogens with one attached hydrogen (secondary N) is 2. The number of aromatic hydroxyl groups is 1. The summed E-state index contributed by atoms with van der Waals surface area (Å²) in [6.07, 6.45) is 0.275. The molecule has 3 N–H and O–H groups in total. The summed E-state index contributed by atoms with van der Waals surface area (Å²) in [7, 11) is 0. The maximum atomic E-state index is 13.6. The normalized spacial score (nSPS) is 11.6. The van der Waals surface area contributed by atoms with E-state index in [9.17, 15) is 19.1 Å². The van der Waals surface area contributed by atoms with Gasteiger partial charge in [-0.25, -0.2) is 14.2 Å². The minimum absolute atomic E-state index is 0.0503. The maximum Gasteiger partial charge on any atom is 0.328 e. The fraction of sp³-hybridized carbons (Fsp3) is 0.154. The summed E-state index contributed by atoms with van der Waals surface area (Å²) in [6.45, 7) is 1.70. The van der Waals surface area contributed by atoms with E-state index in [4.69, 9.17) is 0 Å². The van der Waals surface area contributed by atoms with Crippen molar-refractivity contribution in [2.24, 2.45) is 4.99 Å². The highest BCUT2D eigenvalue weighted by Gasteiger charge is 2.14. The van der Waals surface area contributed by atoms with Crippen LogP contribution in [0.3, 0.4) is 0 Å². The Balaban J connectivity index is 2.63. The average molecular weight is 277 g/mol. The van der Waals surface area contributed by atoms with Crippen LogP contribution < -0.4 is 11.2 Å². The van der Waals surface area contributed by atoms with Gasteiger partial charge in [0, 0.05) is 0 Å². The lowest BCUT2D eigenvalue weighted by Gasteiger charge is -2.05. The zero-order chi connectivity index (χ0) is 14.7. The molecule has 0 saturated heterocycles. The Labute approximate surface area is 112 Å². The Kier molecular flexibility index (Phi) is 3.79. The number of hydrogen-bond donors (Lipinski definition) is 3. The molecule has 104 valence electrons. The molecule has 0 unspecified atom stereocenters. The van der Waals surface area contributed by atoms with Gasteiger partial charge in [-0.3, -0.25) is 14.8 Å². The minimum atomic E-state index is -0.822. The van der Waals surface area contributed by atoms with E-state index in [0.29, 0.717) is 0 Å². The predicted octanol–water partition coefficient (Wildman–Crippen LogP) is 1.44. The molecule has 0 fully saturated rings. The Hall–Kier alpha value is -2.70. The van der Waals surface area contributed by atoms with Crippen molar-refractivity contribution in [1.82, 2.24) is 9.97 Å². The smallest absolute Gasteiger partial charge is 0.328 e. The molecular formula is C13H12FN3O3. The van der Waals surface area contributed by atoms with Crippen LogP contribution >= 0.6 is 0 Å². The van der Waals surface area contributed by atoms with Gasteiger partial charge in [0.15, 0.2) is 0 Å². The lowest BCUT2D eigenvalue weighted by Crippen LogP contribution is -2.27. The first kappa shape index (κ1) is 13.7. The number of rotatable bonds is 3. The lowest BCUT2D eigenvalue weighted by atomic mass is 10.1. The van der Waals surface area contributed by atoms with Crippen molar-refractivity contribution in [3.8, 4) is 5.88 Å². The molecule has 2 rings (SSSR count). The van der Waals surface area contributed by atoms with Crippen LogP contribution in [0.4, 0.5) is 10.1 Å². The molecule has 0 saturated carbocycles. The quantitative estimate of drug-likeness (QED) is 0.740. The van der Waals surface area contributed by atoms with Crippen molar-refractivity contribution in [2.45, 2.75) is 13.3 Å². The first-order chi connectivity index (χ1) is 9.52. The first-order valence-electron chi connectivity index (χ1n) is 5.91. The molecule has 1 heterocycles. The second-order valence-corrected chi connectivity index (χ2v) is 4.00. The molecule has 6 nitrogen and oxygen atoms in total. The van der Waals surface area contributed by atoms with Crippen LogP contribution in [0.2, 0.25) is 0 Å². The minimum Gasteiger partial charge on any atom is -0.494 e. The largest absolute Gasteiger partial charge is 0.494 e. The number of benzene rings is 1. The van der Waals surface area contributed by atoms with Crippen LogP contribution in [-0.4, -0.2) is 20.8 Å². The van der Waals surface area contributed by atoms with Crippen molar-refractivity contribution in [2.75, 3.05) is 0 Å². The number of H-pyrrole nitrogens is 2. The van der Waals surface area contributed by atoms with Gasteiger partial charge in [0.05, 0.1) is 11.4 Å². The van der Waals surface area contributed by atoms with Crippen molar-refractivity contribution in [3.63, 3.8) is 0 Å². The third-order valence-corrected chi connectivity index (χ3v) is 2.65. The molecule has 0 aliphatic rings. The van der Waals surface area contributed by atoms with E-state index in [1.807, 2.05) is 4.98 Å². The van der Waals surface area contributed by atoms with Crippen LogP contribution in [0.5, 0.6) is 5.88 Å². The zero-order valence-corrected chi connectivity index (χ0v) is 10.6. The van der Waals surface area contributed by atoms with Gasteiger partial charge in [-0.2, -0.15) is 0 Å². The fourth-order valence-electron chi connectivity index (χ4n) is 1.74. The van der Waals surface area contributed by atoms with Gasteiger partial charge in [0.1, 0.15) is 11.4 Å². The third-order valence-electron chi connectivity index (χ3n) is 2.65. The molecule has 0 spiro atoms. The Morgan fingerprint density at radius 2 is 2.00 bits per heavy atom. The Morgan fingerprint density at radius 1 is 1.30 bits per heavy atom. The van der Waals surface area contributed by atoms with Gasteiger partial charge < -0.3 is 5.11 Å². The third kappa shape index (κ3) is 2.66. The number of para-hydroxylation sites is 1. The number of aromatic nitrogens is 2. The summed E-state index contributed by atoms with van der Waals surface area (Å²) in [5.74, 6) is -1.13. The van der Waals surface area contributed by atoms with Crippen LogP contribution in [-0.2, 0) is 0 Å². The molecule has 2 aromatic rings. The fourth-order valence-corrected chi connectivity index (χ4v) is 1.74. The number of aromatic amines is 2. The van der Waals surface area contributed by atoms with E-state index in [-0.39, 0.29) is 23.4 Å². The van der Waals surface area contributed by atoms with Gasteiger partial charge in [-0.05, 0) is 18.6 Å².